The van der Waals surface area contributed by atoms with Crippen molar-refractivity contribution in [3.05, 3.63) is 29.6 Å². The van der Waals surface area contributed by atoms with Gasteiger partial charge in [0, 0.05) is 30.7 Å². The number of carbonyl (C=O) groups excluding carboxylic acids is 1. The molecule has 1 aliphatic rings. The largest absolute Gasteiger partial charge is 0.396 e. The third kappa shape index (κ3) is 3.94. The molecule has 3 N–H and O–H groups in total. The van der Waals surface area contributed by atoms with Crippen LogP contribution in [0.5, 0.6) is 0 Å². The lowest BCUT2D eigenvalue weighted by atomic mass is 9.98. The molecule has 0 aliphatic carbocycles. The number of anilines is 1. The maximum absolute atomic E-state index is 13.1. The second kappa shape index (κ2) is 6.89. The molecular weight excluding hydrogens is 269 g/mol. The highest BCUT2D eigenvalue weighted by Crippen LogP contribution is 2.21. The third-order valence-corrected chi connectivity index (χ3v) is 4.29. The summed E-state index contributed by atoms with van der Waals surface area (Å²) in [5.41, 5.74) is 5.87. The summed E-state index contributed by atoms with van der Waals surface area (Å²) in [6, 6.07) is 5.17. The number of nitrogens with one attached hydrogen (secondary N) is 1. The van der Waals surface area contributed by atoms with Gasteiger partial charge in [0.15, 0.2) is 0 Å². The fourth-order valence-electron chi connectivity index (χ4n) is 3.00. The standard InChI is InChI=1S/C16H24FN3O/c1-11-4-3-5-12(2)20(11)9-8-19-16(21)13-6-7-14(17)15(18)10-13/h6-7,10-12H,3-5,8-9,18H2,1-2H3,(H,19,21)/t11-,12+. The zero-order chi connectivity index (χ0) is 15.4. The van der Waals surface area contributed by atoms with Gasteiger partial charge in [0.1, 0.15) is 5.82 Å². The Labute approximate surface area is 125 Å². The van der Waals surface area contributed by atoms with E-state index in [1.807, 2.05) is 0 Å². The fraction of sp³-hybridized carbons (Fsp3) is 0.562. The van der Waals surface area contributed by atoms with E-state index >= 15 is 0 Å². The highest BCUT2D eigenvalue weighted by molar-refractivity contribution is 5.95. The molecule has 1 aromatic rings. The van der Waals surface area contributed by atoms with E-state index in [4.69, 9.17) is 5.73 Å². The lowest BCUT2D eigenvalue weighted by Crippen LogP contribution is -2.47. The molecule has 0 saturated carbocycles. The molecule has 2 atom stereocenters. The van der Waals surface area contributed by atoms with Crippen LogP contribution in [0.15, 0.2) is 18.2 Å². The second-order valence-corrected chi connectivity index (χ2v) is 5.86. The van der Waals surface area contributed by atoms with Crippen LogP contribution < -0.4 is 11.1 Å². The summed E-state index contributed by atoms with van der Waals surface area (Å²) < 4.78 is 13.1. The van der Waals surface area contributed by atoms with Crippen molar-refractivity contribution in [2.45, 2.75) is 45.2 Å². The van der Waals surface area contributed by atoms with Crippen LogP contribution in [-0.4, -0.2) is 36.0 Å². The van der Waals surface area contributed by atoms with E-state index in [0.717, 1.165) is 6.54 Å². The van der Waals surface area contributed by atoms with E-state index in [9.17, 15) is 9.18 Å². The SMILES string of the molecule is C[C@@H]1CCC[C@H](C)N1CCNC(=O)c1ccc(F)c(N)c1. The van der Waals surface area contributed by atoms with E-state index in [1.165, 1.54) is 37.5 Å². The van der Waals surface area contributed by atoms with Gasteiger partial charge in [0.05, 0.1) is 5.69 Å². The summed E-state index contributed by atoms with van der Waals surface area (Å²) in [4.78, 5) is 14.4. The molecule has 0 aromatic heterocycles. The fourth-order valence-corrected chi connectivity index (χ4v) is 3.00. The molecule has 5 heteroatoms. The summed E-state index contributed by atoms with van der Waals surface area (Å²) in [6.07, 6.45) is 3.71. The summed E-state index contributed by atoms with van der Waals surface area (Å²) in [5.74, 6) is -0.707. The molecule has 1 amide bonds. The number of hydrogen-bond donors (Lipinski definition) is 2. The molecule has 0 bridgehead atoms. The molecule has 1 heterocycles. The van der Waals surface area contributed by atoms with Crippen LogP contribution in [0.2, 0.25) is 0 Å². The molecule has 1 fully saturated rings. The van der Waals surface area contributed by atoms with Crippen molar-refractivity contribution in [3.8, 4) is 0 Å². The van der Waals surface area contributed by atoms with Gasteiger partial charge in [0.25, 0.3) is 5.91 Å². The number of nitrogen functional groups attached to an aromatic ring is 1. The number of hydrogen-bond acceptors (Lipinski definition) is 3. The van der Waals surface area contributed by atoms with E-state index in [1.54, 1.807) is 0 Å². The minimum Gasteiger partial charge on any atom is -0.396 e. The lowest BCUT2D eigenvalue weighted by Gasteiger charge is -2.39. The van der Waals surface area contributed by atoms with Crippen molar-refractivity contribution in [1.29, 1.82) is 0 Å². The van der Waals surface area contributed by atoms with Gasteiger partial charge < -0.3 is 11.1 Å². The lowest BCUT2D eigenvalue weighted by molar-refractivity contribution is 0.0889. The molecule has 0 radical (unpaired) electrons. The monoisotopic (exact) mass is 293 g/mol. The Bertz CT molecular complexity index is 496. The first-order valence-electron chi connectivity index (χ1n) is 7.58. The number of benzene rings is 1. The Morgan fingerprint density at radius 2 is 2.05 bits per heavy atom. The van der Waals surface area contributed by atoms with Crippen molar-refractivity contribution in [2.24, 2.45) is 0 Å². The smallest absolute Gasteiger partial charge is 0.251 e. The molecular formula is C16H24FN3O. The summed E-state index contributed by atoms with van der Waals surface area (Å²) in [5, 5.41) is 2.88. The number of nitrogens with two attached hydrogens (primary N) is 1. The Morgan fingerprint density at radius 3 is 2.67 bits per heavy atom. The average Bonchev–Trinajstić information content (AvgIpc) is 2.45. The van der Waals surface area contributed by atoms with Crippen molar-refractivity contribution in [3.63, 3.8) is 0 Å². The topological polar surface area (TPSA) is 58.4 Å². The summed E-state index contributed by atoms with van der Waals surface area (Å²) >= 11 is 0. The first-order valence-corrected chi connectivity index (χ1v) is 7.58. The van der Waals surface area contributed by atoms with Crippen LogP contribution >= 0.6 is 0 Å². The minimum atomic E-state index is -0.498. The van der Waals surface area contributed by atoms with Crippen molar-refractivity contribution in [2.75, 3.05) is 18.8 Å². The van der Waals surface area contributed by atoms with E-state index in [-0.39, 0.29) is 11.6 Å². The van der Waals surface area contributed by atoms with Gasteiger partial charge in [0.2, 0.25) is 0 Å². The third-order valence-electron chi connectivity index (χ3n) is 4.29. The quantitative estimate of drug-likeness (QED) is 0.838. The van der Waals surface area contributed by atoms with Crippen LogP contribution in [0.1, 0.15) is 43.5 Å². The van der Waals surface area contributed by atoms with Crippen LogP contribution in [0, 0.1) is 5.82 Å². The Hall–Kier alpha value is -1.62. The maximum Gasteiger partial charge on any atom is 0.251 e. The van der Waals surface area contributed by atoms with Crippen LogP contribution in [0.3, 0.4) is 0 Å². The van der Waals surface area contributed by atoms with E-state index in [0.29, 0.717) is 24.2 Å². The molecule has 1 saturated heterocycles. The number of rotatable bonds is 4. The zero-order valence-electron chi connectivity index (χ0n) is 12.7. The van der Waals surface area contributed by atoms with Crippen molar-refractivity contribution in [1.82, 2.24) is 10.2 Å². The zero-order valence-corrected chi connectivity index (χ0v) is 12.7. The predicted octanol–water partition coefficient (Wildman–Crippen LogP) is 2.40. The van der Waals surface area contributed by atoms with Crippen LogP contribution in [-0.2, 0) is 0 Å². The van der Waals surface area contributed by atoms with Crippen LogP contribution in [0.4, 0.5) is 10.1 Å². The molecule has 1 aliphatic heterocycles. The van der Waals surface area contributed by atoms with Gasteiger partial charge in [-0.25, -0.2) is 4.39 Å². The molecule has 0 spiro atoms. The van der Waals surface area contributed by atoms with Gasteiger partial charge in [-0.15, -0.1) is 0 Å². The first kappa shape index (κ1) is 15.8. The number of nitrogens with zero attached hydrogens (tertiary/aromatic N) is 1. The first-order chi connectivity index (χ1) is 9.99. The Balaban J connectivity index is 1.85. The van der Waals surface area contributed by atoms with Gasteiger partial charge >= 0.3 is 0 Å². The van der Waals surface area contributed by atoms with Gasteiger partial charge in [-0.3, -0.25) is 9.69 Å². The molecule has 4 nitrogen and oxygen atoms in total. The number of piperidine rings is 1. The summed E-state index contributed by atoms with van der Waals surface area (Å²) in [7, 11) is 0. The minimum absolute atomic E-state index is 0.000856. The highest BCUT2D eigenvalue weighted by Gasteiger charge is 2.24. The number of carbonyl (C=O) groups is 1. The Morgan fingerprint density at radius 1 is 1.38 bits per heavy atom. The maximum atomic E-state index is 13.1. The predicted molar refractivity (Wildman–Crippen MR) is 82.6 cm³/mol. The number of likely N-dealkylation sites (tertiary alicyclic amines) is 1. The van der Waals surface area contributed by atoms with E-state index < -0.39 is 5.82 Å². The van der Waals surface area contributed by atoms with E-state index in [2.05, 4.69) is 24.1 Å². The van der Waals surface area contributed by atoms with Crippen molar-refractivity contribution >= 4 is 11.6 Å². The van der Waals surface area contributed by atoms with Gasteiger partial charge in [-0.2, -0.15) is 0 Å². The van der Waals surface area contributed by atoms with Gasteiger partial charge in [-0.1, -0.05) is 6.42 Å². The van der Waals surface area contributed by atoms with Crippen molar-refractivity contribution < 1.29 is 9.18 Å². The molecule has 2 rings (SSSR count). The number of halogens is 1. The molecule has 1 aromatic carbocycles. The molecule has 0 unspecified atom stereocenters. The highest BCUT2D eigenvalue weighted by atomic mass is 19.1. The Kier molecular flexibility index (Phi) is 5.17. The average molecular weight is 293 g/mol. The number of amides is 1. The summed E-state index contributed by atoms with van der Waals surface area (Å²) in [6.45, 7) is 5.89. The van der Waals surface area contributed by atoms with Crippen LogP contribution in [0.25, 0.3) is 0 Å². The molecule has 116 valence electrons. The normalized spacial score (nSPS) is 23.0. The van der Waals surface area contributed by atoms with Gasteiger partial charge in [-0.05, 0) is 44.9 Å². The second-order valence-electron chi connectivity index (χ2n) is 5.86. The molecule has 21 heavy (non-hydrogen) atoms.